The molecule has 0 spiro atoms. The topological polar surface area (TPSA) is 89.3 Å². The molecule has 0 saturated carbocycles. The van der Waals surface area contributed by atoms with Gasteiger partial charge in [0.2, 0.25) is 5.91 Å². The van der Waals surface area contributed by atoms with Crippen LogP contribution >= 0.6 is 0 Å². The van der Waals surface area contributed by atoms with Crippen LogP contribution in [0.2, 0.25) is 0 Å². The van der Waals surface area contributed by atoms with Gasteiger partial charge < -0.3 is 5.32 Å². The molecule has 0 aromatic heterocycles. The van der Waals surface area contributed by atoms with E-state index in [4.69, 9.17) is 0 Å². The maximum absolute atomic E-state index is 11.3. The van der Waals surface area contributed by atoms with Gasteiger partial charge in [-0.05, 0) is 23.8 Å². The second-order valence-corrected chi connectivity index (χ2v) is 3.56. The van der Waals surface area contributed by atoms with Crippen molar-refractivity contribution in [1.29, 1.82) is 0 Å². The largest absolute Gasteiger partial charge is 0.349 e. The molecular weight excluding hydrogens is 236 g/mol. The minimum atomic E-state index is -0.491. The number of nitro groups is 1. The van der Waals surface area contributed by atoms with Crippen LogP contribution in [0.15, 0.2) is 30.3 Å². The van der Waals surface area contributed by atoms with Crippen LogP contribution in [0.3, 0.4) is 0 Å². The summed E-state index contributed by atoms with van der Waals surface area (Å²) in [7, 11) is 0. The molecular formula is C12H12N2O4. The molecule has 0 heterocycles. The highest BCUT2D eigenvalue weighted by molar-refractivity contribution is 5.96. The third-order valence-corrected chi connectivity index (χ3v) is 2.08. The maximum atomic E-state index is 11.3. The number of non-ortho nitro benzene ring substituents is 1. The average molecular weight is 248 g/mol. The Bertz CT molecular complexity index is 491. The summed E-state index contributed by atoms with van der Waals surface area (Å²) in [6.07, 6.45) is 2.85. The fourth-order valence-corrected chi connectivity index (χ4v) is 1.17. The number of nitrogens with one attached hydrogen (secondary N) is 1. The number of carbonyl (C=O) groups excluding carboxylic acids is 2. The standard InChI is InChI=1S/C12H12N2O4/c1-9(15)13-8-12(16)7-4-10-2-5-11(6-3-10)14(17)18/h2-7H,8H2,1H3,(H,13,15). The summed E-state index contributed by atoms with van der Waals surface area (Å²) < 4.78 is 0. The van der Waals surface area contributed by atoms with Crippen LogP contribution in [0, 0.1) is 10.1 Å². The summed E-state index contributed by atoms with van der Waals surface area (Å²) in [5.74, 6) is -0.518. The number of nitro benzene ring substituents is 1. The molecule has 1 aromatic carbocycles. The molecule has 0 radical (unpaired) electrons. The number of rotatable bonds is 5. The monoisotopic (exact) mass is 248 g/mol. The Morgan fingerprint density at radius 2 is 1.94 bits per heavy atom. The lowest BCUT2D eigenvalue weighted by molar-refractivity contribution is -0.384. The zero-order chi connectivity index (χ0) is 13.5. The van der Waals surface area contributed by atoms with Gasteiger partial charge >= 0.3 is 0 Å². The molecule has 0 aliphatic rings. The van der Waals surface area contributed by atoms with Crippen LogP contribution in [-0.4, -0.2) is 23.2 Å². The van der Waals surface area contributed by atoms with Gasteiger partial charge in [-0.2, -0.15) is 0 Å². The average Bonchev–Trinajstić information content (AvgIpc) is 2.34. The Morgan fingerprint density at radius 3 is 2.44 bits per heavy atom. The first-order valence-electron chi connectivity index (χ1n) is 5.19. The molecule has 1 rings (SSSR count). The van der Waals surface area contributed by atoms with Crippen molar-refractivity contribution >= 4 is 23.5 Å². The van der Waals surface area contributed by atoms with Gasteiger partial charge in [-0.3, -0.25) is 19.7 Å². The number of ketones is 1. The van der Waals surface area contributed by atoms with E-state index in [1.807, 2.05) is 0 Å². The minimum absolute atomic E-state index is 0.00303. The summed E-state index contributed by atoms with van der Waals surface area (Å²) in [4.78, 5) is 31.8. The number of amides is 1. The van der Waals surface area contributed by atoms with Crippen LogP contribution in [0.4, 0.5) is 5.69 Å². The highest BCUT2D eigenvalue weighted by Crippen LogP contribution is 2.12. The second kappa shape index (κ2) is 6.29. The summed E-state index contributed by atoms with van der Waals surface area (Å²) in [6, 6.07) is 5.80. The molecule has 0 fully saturated rings. The van der Waals surface area contributed by atoms with Gasteiger partial charge in [0.05, 0.1) is 11.5 Å². The van der Waals surface area contributed by atoms with Crippen LogP contribution in [-0.2, 0) is 9.59 Å². The van der Waals surface area contributed by atoms with Crippen molar-refractivity contribution in [2.24, 2.45) is 0 Å². The third-order valence-electron chi connectivity index (χ3n) is 2.08. The van der Waals surface area contributed by atoms with Crippen molar-refractivity contribution in [3.8, 4) is 0 Å². The number of carbonyl (C=O) groups is 2. The number of hydrogen-bond donors (Lipinski definition) is 1. The molecule has 18 heavy (non-hydrogen) atoms. The van der Waals surface area contributed by atoms with Gasteiger partial charge in [-0.15, -0.1) is 0 Å². The van der Waals surface area contributed by atoms with Gasteiger partial charge in [0.25, 0.3) is 5.69 Å². The quantitative estimate of drug-likeness (QED) is 0.483. The molecule has 94 valence electrons. The van der Waals surface area contributed by atoms with Crippen LogP contribution < -0.4 is 5.32 Å². The van der Waals surface area contributed by atoms with Gasteiger partial charge in [-0.25, -0.2) is 0 Å². The minimum Gasteiger partial charge on any atom is -0.349 e. The molecule has 1 amide bonds. The molecule has 6 heteroatoms. The zero-order valence-corrected chi connectivity index (χ0v) is 9.75. The molecule has 1 N–H and O–H groups in total. The first kappa shape index (κ1) is 13.6. The van der Waals surface area contributed by atoms with Crippen molar-refractivity contribution in [3.63, 3.8) is 0 Å². The van der Waals surface area contributed by atoms with Crippen molar-refractivity contribution in [2.75, 3.05) is 6.54 Å². The van der Waals surface area contributed by atoms with Gasteiger partial charge in [0.15, 0.2) is 5.78 Å². The third kappa shape index (κ3) is 4.56. The lowest BCUT2D eigenvalue weighted by Crippen LogP contribution is -2.25. The van der Waals surface area contributed by atoms with E-state index in [0.717, 1.165) is 0 Å². The van der Waals surface area contributed by atoms with Crippen molar-refractivity contribution in [1.82, 2.24) is 5.32 Å². The molecule has 0 aliphatic carbocycles. The molecule has 0 aliphatic heterocycles. The molecule has 0 bridgehead atoms. The zero-order valence-electron chi connectivity index (χ0n) is 9.75. The van der Waals surface area contributed by atoms with Crippen LogP contribution in [0.25, 0.3) is 6.08 Å². The van der Waals surface area contributed by atoms with E-state index >= 15 is 0 Å². The molecule has 0 unspecified atom stereocenters. The first-order chi connectivity index (χ1) is 8.49. The fraction of sp³-hybridized carbons (Fsp3) is 0.167. The summed E-state index contributed by atoms with van der Waals surface area (Å²) in [5, 5.41) is 12.8. The summed E-state index contributed by atoms with van der Waals surface area (Å²) in [5.41, 5.74) is 0.675. The lowest BCUT2D eigenvalue weighted by atomic mass is 10.2. The smallest absolute Gasteiger partial charge is 0.269 e. The van der Waals surface area contributed by atoms with E-state index in [1.54, 1.807) is 12.1 Å². The van der Waals surface area contributed by atoms with E-state index in [9.17, 15) is 19.7 Å². The van der Waals surface area contributed by atoms with Gasteiger partial charge in [0, 0.05) is 19.1 Å². The van der Waals surface area contributed by atoms with E-state index in [1.165, 1.54) is 31.2 Å². The van der Waals surface area contributed by atoms with E-state index in [2.05, 4.69) is 5.32 Å². The molecule has 1 aromatic rings. The summed E-state index contributed by atoms with van der Waals surface area (Å²) in [6.45, 7) is 1.27. The van der Waals surface area contributed by atoms with E-state index < -0.39 is 4.92 Å². The Balaban J connectivity index is 2.58. The highest BCUT2D eigenvalue weighted by atomic mass is 16.6. The Kier molecular flexibility index (Phi) is 4.74. The fourth-order valence-electron chi connectivity index (χ4n) is 1.17. The normalized spacial score (nSPS) is 10.3. The SMILES string of the molecule is CC(=O)NCC(=O)C=Cc1ccc([N+](=O)[O-])cc1. The van der Waals surface area contributed by atoms with Crippen molar-refractivity contribution < 1.29 is 14.5 Å². The van der Waals surface area contributed by atoms with Crippen LogP contribution in [0.5, 0.6) is 0 Å². The van der Waals surface area contributed by atoms with Crippen molar-refractivity contribution in [3.05, 3.63) is 46.0 Å². The first-order valence-corrected chi connectivity index (χ1v) is 5.19. The predicted molar refractivity (Wildman–Crippen MR) is 65.8 cm³/mol. The predicted octanol–water partition coefficient (Wildman–Crippen LogP) is 1.31. The van der Waals surface area contributed by atoms with Crippen LogP contribution in [0.1, 0.15) is 12.5 Å². The van der Waals surface area contributed by atoms with E-state index in [0.29, 0.717) is 5.56 Å². The number of benzene rings is 1. The Hall–Kier alpha value is -2.50. The maximum Gasteiger partial charge on any atom is 0.269 e. The highest BCUT2D eigenvalue weighted by Gasteiger charge is 2.02. The van der Waals surface area contributed by atoms with Gasteiger partial charge in [-0.1, -0.05) is 6.08 Å². The molecule has 6 nitrogen and oxygen atoms in total. The Morgan fingerprint density at radius 1 is 1.33 bits per heavy atom. The molecule has 0 atom stereocenters. The van der Waals surface area contributed by atoms with Gasteiger partial charge in [0.1, 0.15) is 0 Å². The van der Waals surface area contributed by atoms with E-state index in [-0.39, 0.29) is 23.9 Å². The second-order valence-electron chi connectivity index (χ2n) is 3.56. The Labute approximate surface area is 103 Å². The number of hydrogen-bond acceptors (Lipinski definition) is 4. The lowest BCUT2D eigenvalue weighted by Gasteiger charge is -1.97. The van der Waals surface area contributed by atoms with Crippen molar-refractivity contribution in [2.45, 2.75) is 6.92 Å². The summed E-state index contributed by atoms with van der Waals surface area (Å²) >= 11 is 0. The molecule has 0 saturated heterocycles. The number of nitrogens with zero attached hydrogens (tertiary/aromatic N) is 1.